The molecule has 0 spiro atoms. The van der Waals surface area contributed by atoms with Crippen LogP contribution in [0.4, 0.5) is 0 Å². The highest BCUT2D eigenvalue weighted by atomic mass is 16.5. The normalized spacial score (nSPS) is 11.2. The number of ether oxygens (including phenoxy) is 4. The van der Waals surface area contributed by atoms with Crippen molar-refractivity contribution in [2.75, 3.05) is 59.4 Å². The Morgan fingerprint density at radius 2 is 0.966 bits per heavy atom. The van der Waals surface area contributed by atoms with E-state index in [2.05, 4.69) is 5.32 Å². The lowest BCUT2D eigenvalue weighted by atomic mass is 10.1. The second kappa shape index (κ2) is 18.7. The standard InChI is InChI=1S/C21H39NO7/c1-17(2)19(23)5-9-26-13-14-28-11-7-21(25)22-8-12-29-16-15-27-10-6-20(24)18(3)4/h17-18H,5-16H2,1-4H3,(H,22,25). The quantitative estimate of drug-likeness (QED) is 0.301. The van der Waals surface area contributed by atoms with Crippen molar-refractivity contribution in [2.24, 2.45) is 11.8 Å². The SMILES string of the molecule is CC(C)C(=O)CCOCCOCCNC(=O)CCOCCOCCC(=O)C(C)C. The third-order valence-electron chi connectivity index (χ3n) is 4.06. The van der Waals surface area contributed by atoms with Crippen LogP contribution in [-0.2, 0) is 33.3 Å². The van der Waals surface area contributed by atoms with Gasteiger partial charge < -0.3 is 24.3 Å². The van der Waals surface area contributed by atoms with Crippen molar-refractivity contribution in [3.8, 4) is 0 Å². The Bertz CT molecular complexity index is 452. The first kappa shape index (κ1) is 27.6. The number of Topliss-reactive ketones (excluding diaryl/α,β-unsaturated/α-hetero) is 2. The van der Waals surface area contributed by atoms with Crippen LogP contribution in [-0.4, -0.2) is 76.9 Å². The van der Waals surface area contributed by atoms with Crippen molar-refractivity contribution >= 4 is 17.5 Å². The molecule has 0 atom stereocenters. The molecule has 0 saturated carbocycles. The minimum atomic E-state index is -0.0968. The van der Waals surface area contributed by atoms with E-state index in [1.54, 1.807) is 0 Å². The Kier molecular flexibility index (Phi) is 17.8. The first-order valence-corrected chi connectivity index (χ1v) is 10.5. The van der Waals surface area contributed by atoms with E-state index in [4.69, 9.17) is 18.9 Å². The number of ketones is 2. The van der Waals surface area contributed by atoms with Gasteiger partial charge in [-0.1, -0.05) is 27.7 Å². The first-order valence-electron chi connectivity index (χ1n) is 10.5. The smallest absolute Gasteiger partial charge is 0.222 e. The molecule has 8 heteroatoms. The van der Waals surface area contributed by atoms with Crippen LogP contribution in [0.2, 0.25) is 0 Å². The molecule has 0 aliphatic rings. The Balaban J connectivity index is 3.30. The van der Waals surface area contributed by atoms with Crippen LogP contribution < -0.4 is 5.32 Å². The first-order chi connectivity index (χ1) is 13.8. The summed E-state index contributed by atoms with van der Waals surface area (Å²) in [5, 5.41) is 2.75. The topological polar surface area (TPSA) is 100 Å². The van der Waals surface area contributed by atoms with Gasteiger partial charge in [-0.3, -0.25) is 14.4 Å². The number of rotatable bonds is 20. The molecule has 170 valence electrons. The van der Waals surface area contributed by atoms with Gasteiger partial charge in [0.1, 0.15) is 11.6 Å². The second-order valence-corrected chi connectivity index (χ2v) is 7.29. The zero-order chi connectivity index (χ0) is 21.9. The molecule has 0 aliphatic carbocycles. The van der Waals surface area contributed by atoms with Crippen LogP contribution in [0.5, 0.6) is 0 Å². The number of carbonyl (C=O) groups is 3. The molecular formula is C21H39NO7. The predicted molar refractivity (Wildman–Crippen MR) is 110 cm³/mol. The van der Waals surface area contributed by atoms with Crippen LogP contribution in [0, 0.1) is 11.8 Å². The molecule has 0 saturated heterocycles. The van der Waals surface area contributed by atoms with Crippen LogP contribution >= 0.6 is 0 Å². The summed E-state index contributed by atoms with van der Waals surface area (Å²) in [5.41, 5.74) is 0. The Labute approximate surface area is 175 Å². The van der Waals surface area contributed by atoms with Gasteiger partial charge in [0.15, 0.2) is 0 Å². The maximum Gasteiger partial charge on any atom is 0.222 e. The van der Waals surface area contributed by atoms with E-state index >= 15 is 0 Å². The highest BCUT2D eigenvalue weighted by Crippen LogP contribution is 1.99. The van der Waals surface area contributed by atoms with E-state index in [0.29, 0.717) is 72.2 Å². The predicted octanol–water partition coefficient (Wildman–Crippen LogP) is 1.79. The molecule has 29 heavy (non-hydrogen) atoms. The Morgan fingerprint density at radius 3 is 1.38 bits per heavy atom. The van der Waals surface area contributed by atoms with Crippen LogP contribution in [0.25, 0.3) is 0 Å². The van der Waals surface area contributed by atoms with Gasteiger partial charge in [-0.2, -0.15) is 0 Å². The van der Waals surface area contributed by atoms with Gasteiger partial charge in [-0.15, -0.1) is 0 Å². The zero-order valence-electron chi connectivity index (χ0n) is 18.5. The van der Waals surface area contributed by atoms with Gasteiger partial charge in [0, 0.05) is 37.6 Å². The van der Waals surface area contributed by atoms with Crippen molar-refractivity contribution in [1.29, 1.82) is 0 Å². The summed E-state index contributed by atoms with van der Waals surface area (Å²) in [4.78, 5) is 34.4. The fourth-order valence-corrected chi connectivity index (χ4v) is 2.08. The molecule has 0 heterocycles. The summed E-state index contributed by atoms with van der Waals surface area (Å²) in [7, 11) is 0. The zero-order valence-corrected chi connectivity index (χ0v) is 18.5. The molecule has 0 rings (SSSR count). The number of carbonyl (C=O) groups excluding carboxylic acids is 3. The van der Waals surface area contributed by atoms with Crippen molar-refractivity contribution in [1.82, 2.24) is 5.32 Å². The minimum Gasteiger partial charge on any atom is -0.379 e. The molecule has 0 aliphatic heterocycles. The maximum absolute atomic E-state index is 11.6. The number of nitrogens with one attached hydrogen (secondary N) is 1. The summed E-state index contributed by atoms with van der Waals surface area (Å²) < 4.78 is 21.3. The summed E-state index contributed by atoms with van der Waals surface area (Å²) in [6.07, 6.45) is 1.13. The highest BCUT2D eigenvalue weighted by Gasteiger charge is 2.07. The minimum absolute atomic E-state index is 0.0404. The van der Waals surface area contributed by atoms with E-state index in [1.807, 2.05) is 27.7 Å². The van der Waals surface area contributed by atoms with Crippen molar-refractivity contribution in [3.63, 3.8) is 0 Å². The molecule has 0 aromatic rings. The van der Waals surface area contributed by atoms with Crippen molar-refractivity contribution in [3.05, 3.63) is 0 Å². The lowest BCUT2D eigenvalue weighted by Crippen LogP contribution is -2.28. The molecule has 0 aromatic heterocycles. The van der Waals surface area contributed by atoms with Crippen molar-refractivity contribution < 1.29 is 33.3 Å². The fourth-order valence-electron chi connectivity index (χ4n) is 2.08. The molecular weight excluding hydrogens is 378 g/mol. The Hall–Kier alpha value is -1.35. The van der Waals surface area contributed by atoms with Gasteiger partial charge in [-0.25, -0.2) is 0 Å². The lowest BCUT2D eigenvalue weighted by Gasteiger charge is -2.08. The van der Waals surface area contributed by atoms with Crippen LogP contribution in [0.15, 0.2) is 0 Å². The molecule has 0 radical (unpaired) electrons. The van der Waals surface area contributed by atoms with Crippen LogP contribution in [0.1, 0.15) is 47.0 Å². The van der Waals surface area contributed by atoms with E-state index in [9.17, 15) is 14.4 Å². The monoisotopic (exact) mass is 417 g/mol. The summed E-state index contributed by atoms with van der Waals surface area (Å²) in [5.74, 6) is 0.378. The van der Waals surface area contributed by atoms with Crippen molar-refractivity contribution in [2.45, 2.75) is 47.0 Å². The summed E-state index contributed by atoms with van der Waals surface area (Å²) in [6.45, 7) is 11.1. The molecule has 0 bridgehead atoms. The van der Waals surface area contributed by atoms with Gasteiger partial charge in [0.05, 0.1) is 52.9 Å². The van der Waals surface area contributed by atoms with E-state index in [0.717, 1.165) is 0 Å². The molecule has 1 N–H and O–H groups in total. The van der Waals surface area contributed by atoms with Gasteiger partial charge in [0.25, 0.3) is 0 Å². The molecule has 8 nitrogen and oxygen atoms in total. The molecule has 0 fully saturated rings. The van der Waals surface area contributed by atoms with Crippen LogP contribution in [0.3, 0.4) is 0 Å². The number of hydrogen-bond acceptors (Lipinski definition) is 7. The third kappa shape index (κ3) is 18.4. The summed E-state index contributed by atoms with van der Waals surface area (Å²) >= 11 is 0. The second-order valence-electron chi connectivity index (χ2n) is 7.29. The lowest BCUT2D eigenvalue weighted by molar-refractivity contribution is -0.124. The Morgan fingerprint density at radius 1 is 0.586 bits per heavy atom. The number of hydrogen-bond donors (Lipinski definition) is 1. The molecule has 0 unspecified atom stereocenters. The van der Waals surface area contributed by atoms with E-state index in [1.165, 1.54) is 0 Å². The summed E-state index contributed by atoms with van der Waals surface area (Å²) in [6, 6.07) is 0. The number of amides is 1. The average molecular weight is 418 g/mol. The average Bonchev–Trinajstić information content (AvgIpc) is 2.67. The highest BCUT2D eigenvalue weighted by molar-refractivity contribution is 5.80. The maximum atomic E-state index is 11.6. The van der Waals surface area contributed by atoms with Gasteiger partial charge in [-0.05, 0) is 0 Å². The van der Waals surface area contributed by atoms with E-state index < -0.39 is 0 Å². The fraction of sp³-hybridized carbons (Fsp3) is 0.857. The van der Waals surface area contributed by atoms with Gasteiger partial charge in [0.2, 0.25) is 5.91 Å². The van der Waals surface area contributed by atoms with E-state index in [-0.39, 0.29) is 35.7 Å². The molecule has 1 amide bonds. The molecule has 0 aromatic carbocycles. The van der Waals surface area contributed by atoms with Gasteiger partial charge >= 0.3 is 0 Å². The third-order valence-corrected chi connectivity index (χ3v) is 4.06. The largest absolute Gasteiger partial charge is 0.379 e.